The van der Waals surface area contributed by atoms with Crippen molar-refractivity contribution in [2.75, 3.05) is 20.2 Å². The summed E-state index contributed by atoms with van der Waals surface area (Å²) in [5.41, 5.74) is 5.15. The van der Waals surface area contributed by atoms with Gasteiger partial charge in [-0.2, -0.15) is 0 Å². The summed E-state index contributed by atoms with van der Waals surface area (Å²) in [6, 6.07) is 16.3. The van der Waals surface area contributed by atoms with Crippen molar-refractivity contribution in [2.45, 2.75) is 25.8 Å². The van der Waals surface area contributed by atoms with Gasteiger partial charge in [-0.05, 0) is 29.2 Å². The predicted octanol–water partition coefficient (Wildman–Crippen LogP) is 4.04. The Morgan fingerprint density at radius 1 is 1.09 bits per heavy atom. The molecule has 0 radical (unpaired) electrons. The zero-order valence-electron chi connectivity index (χ0n) is 18.9. The van der Waals surface area contributed by atoms with Crippen LogP contribution >= 0.6 is 11.3 Å². The standard InChI is InChI=1S/C25H25N3O5S/c1-15-23(24(31)28(2)12-11-22(29)30)34-21(27-15)13-26-25(32)33-14-20-18-9-5-3-7-16(18)17-8-4-6-10-19(17)20/h3-10,20H,11-14H2,1-2H3,(H,26,32)(H,29,30). The lowest BCUT2D eigenvalue weighted by Gasteiger charge is -2.15. The number of carboxylic acid groups (broad SMARTS) is 1. The molecule has 0 unspecified atom stereocenters. The van der Waals surface area contributed by atoms with Crippen molar-refractivity contribution in [3.8, 4) is 11.1 Å². The van der Waals surface area contributed by atoms with E-state index in [-0.39, 0.29) is 37.9 Å². The number of alkyl carbamates (subject to hydrolysis) is 1. The minimum Gasteiger partial charge on any atom is -0.481 e. The minimum atomic E-state index is -0.964. The van der Waals surface area contributed by atoms with E-state index in [1.54, 1.807) is 14.0 Å². The van der Waals surface area contributed by atoms with Gasteiger partial charge in [-0.1, -0.05) is 48.5 Å². The number of ether oxygens (including phenoxy) is 1. The molecular weight excluding hydrogens is 454 g/mol. The molecule has 2 N–H and O–H groups in total. The van der Waals surface area contributed by atoms with Gasteiger partial charge in [0.15, 0.2) is 0 Å². The summed E-state index contributed by atoms with van der Waals surface area (Å²) < 4.78 is 5.53. The number of aryl methyl sites for hydroxylation is 1. The summed E-state index contributed by atoms with van der Waals surface area (Å²) >= 11 is 1.18. The van der Waals surface area contributed by atoms with Crippen LogP contribution in [-0.4, -0.2) is 53.2 Å². The summed E-state index contributed by atoms with van der Waals surface area (Å²) in [6.45, 7) is 2.17. The van der Waals surface area contributed by atoms with Crippen LogP contribution in [0.15, 0.2) is 48.5 Å². The van der Waals surface area contributed by atoms with Crippen molar-refractivity contribution in [2.24, 2.45) is 0 Å². The van der Waals surface area contributed by atoms with Crippen LogP contribution in [0.4, 0.5) is 4.79 Å². The quantitative estimate of drug-likeness (QED) is 0.505. The van der Waals surface area contributed by atoms with E-state index in [4.69, 9.17) is 9.84 Å². The van der Waals surface area contributed by atoms with E-state index in [2.05, 4.69) is 34.6 Å². The first-order valence-corrected chi connectivity index (χ1v) is 11.7. The van der Waals surface area contributed by atoms with Crippen LogP contribution in [0.2, 0.25) is 0 Å². The van der Waals surface area contributed by atoms with Gasteiger partial charge in [0.05, 0.1) is 18.7 Å². The van der Waals surface area contributed by atoms with E-state index in [0.29, 0.717) is 15.6 Å². The third-order valence-electron chi connectivity index (χ3n) is 5.77. The lowest BCUT2D eigenvalue weighted by atomic mass is 9.98. The molecule has 0 atom stereocenters. The van der Waals surface area contributed by atoms with E-state index in [0.717, 1.165) is 22.3 Å². The van der Waals surface area contributed by atoms with Crippen LogP contribution in [0.25, 0.3) is 11.1 Å². The Bertz CT molecular complexity index is 1190. The van der Waals surface area contributed by atoms with Gasteiger partial charge >= 0.3 is 12.1 Å². The summed E-state index contributed by atoms with van der Waals surface area (Å²) in [4.78, 5) is 41.9. The molecule has 4 rings (SSSR count). The second-order valence-corrected chi connectivity index (χ2v) is 9.16. The summed E-state index contributed by atoms with van der Waals surface area (Å²) in [5, 5.41) is 12.1. The van der Waals surface area contributed by atoms with Crippen LogP contribution < -0.4 is 5.32 Å². The number of hydrogen-bond donors (Lipinski definition) is 2. The van der Waals surface area contributed by atoms with Gasteiger partial charge in [-0.25, -0.2) is 9.78 Å². The highest BCUT2D eigenvalue weighted by atomic mass is 32.1. The minimum absolute atomic E-state index is 0.0224. The number of carbonyl (C=O) groups is 3. The maximum Gasteiger partial charge on any atom is 0.407 e. The maximum atomic E-state index is 12.6. The molecular formula is C25H25N3O5S. The number of amides is 2. The lowest BCUT2D eigenvalue weighted by molar-refractivity contribution is -0.137. The Morgan fingerprint density at radius 2 is 1.71 bits per heavy atom. The average Bonchev–Trinajstić information content (AvgIpc) is 3.37. The monoisotopic (exact) mass is 479 g/mol. The molecule has 176 valence electrons. The zero-order valence-corrected chi connectivity index (χ0v) is 19.7. The second-order valence-electron chi connectivity index (χ2n) is 8.07. The largest absolute Gasteiger partial charge is 0.481 e. The molecule has 8 nitrogen and oxygen atoms in total. The second kappa shape index (κ2) is 10.0. The van der Waals surface area contributed by atoms with Crippen molar-refractivity contribution in [1.29, 1.82) is 0 Å². The third kappa shape index (κ3) is 4.94. The SMILES string of the molecule is Cc1nc(CNC(=O)OCC2c3ccccc3-c3ccccc32)sc1C(=O)N(C)CCC(=O)O. The molecule has 0 bridgehead atoms. The zero-order chi connectivity index (χ0) is 24.2. The van der Waals surface area contributed by atoms with Gasteiger partial charge in [0.25, 0.3) is 5.91 Å². The van der Waals surface area contributed by atoms with Crippen molar-refractivity contribution in [1.82, 2.24) is 15.2 Å². The highest BCUT2D eigenvalue weighted by Crippen LogP contribution is 2.44. The first-order valence-electron chi connectivity index (χ1n) is 10.9. The van der Waals surface area contributed by atoms with Crippen molar-refractivity contribution in [3.05, 3.63) is 75.2 Å². The molecule has 34 heavy (non-hydrogen) atoms. The molecule has 1 aliphatic rings. The highest BCUT2D eigenvalue weighted by molar-refractivity contribution is 7.13. The summed E-state index contributed by atoms with van der Waals surface area (Å²) in [5.74, 6) is -1.27. The van der Waals surface area contributed by atoms with Gasteiger partial charge in [0.1, 0.15) is 16.5 Å². The third-order valence-corrected chi connectivity index (χ3v) is 6.92. The number of benzene rings is 2. The number of carbonyl (C=O) groups excluding carboxylic acids is 2. The topological polar surface area (TPSA) is 109 Å². The van der Waals surface area contributed by atoms with Crippen LogP contribution in [0, 0.1) is 6.92 Å². The number of aromatic nitrogens is 1. The smallest absolute Gasteiger partial charge is 0.407 e. The van der Waals surface area contributed by atoms with Gasteiger partial charge < -0.3 is 20.1 Å². The molecule has 1 aliphatic carbocycles. The molecule has 0 aliphatic heterocycles. The van der Waals surface area contributed by atoms with E-state index < -0.39 is 12.1 Å². The molecule has 1 aromatic heterocycles. The lowest BCUT2D eigenvalue weighted by Crippen LogP contribution is -2.28. The molecule has 1 heterocycles. The molecule has 2 amide bonds. The number of fused-ring (bicyclic) bond motifs is 3. The Morgan fingerprint density at radius 3 is 2.32 bits per heavy atom. The first kappa shape index (κ1) is 23.4. The van der Waals surface area contributed by atoms with E-state index in [1.807, 2.05) is 24.3 Å². The Balaban J connectivity index is 1.33. The fourth-order valence-electron chi connectivity index (χ4n) is 4.06. The van der Waals surface area contributed by atoms with Gasteiger partial charge in [0.2, 0.25) is 0 Å². The molecule has 0 saturated heterocycles. The molecule has 3 aromatic rings. The van der Waals surface area contributed by atoms with E-state index in [9.17, 15) is 14.4 Å². The first-order chi connectivity index (χ1) is 16.3. The van der Waals surface area contributed by atoms with Crippen LogP contribution in [0.3, 0.4) is 0 Å². The number of nitrogens with zero attached hydrogens (tertiary/aromatic N) is 2. The number of aliphatic carboxylic acids is 1. The molecule has 2 aromatic carbocycles. The van der Waals surface area contributed by atoms with Crippen LogP contribution in [-0.2, 0) is 16.1 Å². The number of rotatable bonds is 8. The van der Waals surface area contributed by atoms with Crippen molar-refractivity contribution >= 4 is 29.3 Å². The Kier molecular flexibility index (Phi) is 6.93. The van der Waals surface area contributed by atoms with Crippen LogP contribution in [0.5, 0.6) is 0 Å². The van der Waals surface area contributed by atoms with Gasteiger partial charge in [-0.3, -0.25) is 9.59 Å². The van der Waals surface area contributed by atoms with Crippen LogP contribution in [0.1, 0.15) is 43.8 Å². The summed E-state index contributed by atoms with van der Waals surface area (Å²) in [7, 11) is 1.55. The Labute approximate surface area is 201 Å². The van der Waals surface area contributed by atoms with E-state index in [1.165, 1.54) is 16.2 Å². The molecule has 0 spiro atoms. The van der Waals surface area contributed by atoms with Crippen molar-refractivity contribution < 1.29 is 24.2 Å². The fourth-order valence-corrected chi connectivity index (χ4v) is 5.06. The van der Waals surface area contributed by atoms with Gasteiger partial charge in [-0.15, -0.1) is 11.3 Å². The normalized spacial score (nSPS) is 12.1. The molecule has 9 heteroatoms. The fraction of sp³-hybridized carbons (Fsp3) is 0.280. The van der Waals surface area contributed by atoms with Crippen molar-refractivity contribution in [3.63, 3.8) is 0 Å². The predicted molar refractivity (Wildman–Crippen MR) is 128 cm³/mol. The Hall–Kier alpha value is -3.72. The summed E-state index contributed by atoms with van der Waals surface area (Å²) in [6.07, 6.45) is -0.683. The number of nitrogens with one attached hydrogen (secondary N) is 1. The number of thiazole rings is 1. The molecule has 0 fully saturated rings. The average molecular weight is 480 g/mol. The maximum absolute atomic E-state index is 12.6. The number of carboxylic acids is 1. The number of hydrogen-bond acceptors (Lipinski definition) is 6. The van der Waals surface area contributed by atoms with Gasteiger partial charge in [0, 0.05) is 19.5 Å². The highest BCUT2D eigenvalue weighted by Gasteiger charge is 2.29. The van der Waals surface area contributed by atoms with E-state index >= 15 is 0 Å². The molecule has 0 saturated carbocycles.